The molecule has 1 amide bonds. The Hall–Kier alpha value is -1.22. The van der Waals surface area contributed by atoms with E-state index in [2.05, 4.69) is 26.1 Å². The first-order valence-corrected chi connectivity index (χ1v) is 8.09. The molecule has 0 spiro atoms. The average Bonchev–Trinajstić information content (AvgIpc) is 2.42. The standard InChI is InChI=1S/C17H27ClN2O/c1-6-9-19-16-8-7-14(18)10-15(16)17(21)20(13(4)5)11-12(2)3/h7-8,10,12-13,19H,6,9,11H2,1-5H3. The van der Waals surface area contributed by atoms with E-state index in [0.29, 0.717) is 16.5 Å². The molecule has 0 bridgehead atoms. The van der Waals surface area contributed by atoms with E-state index in [-0.39, 0.29) is 11.9 Å². The second kappa shape index (κ2) is 8.28. The van der Waals surface area contributed by atoms with Crippen molar-refractivity contribution in [2.75, 3.05) is 18.4 Å². The molecular weight excluding hydrogens is 284 g/mol. The van der Waals surface area contributed by atoms with E-state index in [9.17, 15) is 4.79 Å². The van der Waals surface area contributed by atoms with Gasteiger partial charge in [0.25, 0.3) is 5.91 Å². The van der Waals surface area contributed by atoms with Crippen LogP contribution in [0.5, 0.6) is 0 Å². The molecule has 0 radical (unpaired) electrons. The maximum Gasteiger partial charge on any atom is 0.256 e. The van der Waals surface area contributed by atoms with Crippen LogP contribution in [0.2, 0.25) is 5.02 Å². The maximum atomic E-state index is 12.9. The highest BCUT2D eigenvalue weighted by Gasteiger charge is 2.22. The van der Waals surface area contributed by atoms with E-state index in [1.165, 1.54) is 0 Å². The molecule has 21 heavy (non-hydrogen) atoms. The number of carbonyl (C=O) groups is 1. The topological polar surface area (TPSA) is 32.3 Å². The van der Waals surface area contributed by atoms with Crippen LogP contribution in [0.4, 0.5) is 5.69 Å². The molecule has 3 nitrogen and oxygen atoms in total. The molecule has 0 fully saturated rings. The number of hydrogen-bond donors (Lipinski definition) is 1. The lowest BCUT2D eigenvalue weighted by atomic mass is 10.1. The molecule has 1 aromatic carbocycles. The number of anilines is 1. The summed E-state index contributed by atoms with van der Waals surface area (Å²) in [6.45, 7) is 12.0. The van der Waals surface area contributed by atoms with Gasteiger partial charge in [-0.3, -0.25) is 4.79 Å². The fraction of sp³-hybridized carbons (Fsp3) is 0.588. The summed E-state index contributed by atoms with van der Waals surface area (Å²) in [5.74, 6) is 0.474. The molecule has 1 rings (SSSR count). The predicted octanol–water partition coefficient (Wildman–Crippen LogP) is 4.67. The number of rotatable bonds is 7. The van der Waals surface area contributed by atoms with Crippen molar-refractivity contribution in [3.05, 3.63) is 28.8 Å². The van der Waals surface area contributed by atoms with Gasteiger partial charge < -0.3 is 10.2 Å². The third-order valence-corrected chi connectivity index (χ3v) is 3.46. The average molecular weight is 311 g/mol. The second-order valence-corrected chi connectivity index (χ2v) is 6.50. The molecule has 0 aliphatic rings. The zero-order valence-corrected chi connectivity index (χ0v) is 14.5. The maximum absolute atomic E-state index is 12.9. The number of carbonyl (C=O) groups excluding carboxylic acids is 1. The summed E-state index contributed by atoms with van der Waals surface area (Å²) in [6.07, 6.45) is 1.01. The highest BCUT2D eigenvalue weighted by molar-refractivity contribution is 6.31. The summed E-state index contributed by atoms with van der Waals surface area (Å²) in [4.78, 5) is 14.8. The third-order valence-electron chi connectivity index (χ3n) is 3.22. The Bertz CT molecular complexity index is 472. The van der Waals surface area contributed by atoms with Gasteiger partial charge in [0.1, 0.15) is 0 Å². The van der Waals surface area contributed by atoms with Gasteiger partial charge in [-0.15, -0.1) is 0 Å². The van der Waals surface area contributed by atoms with E-state index in [1.54, 1.807) is 6.07 Å². The monoisotopic (exact) mass is 310 g/mol. The van der Waals surface area contributed by atoms with E-state index in [4.69, 9.17) is 11.6 Å². The minimum absolute atomic E-state index is 0.0415. The Morgan fingerprint density at radius 3 is 2.48 bits per heavy atom. The van der Waals surface area contributed by atoms with Gasteiger partial charge in [0.2, 0.25) is 0 Å². The molecule has 0 saturated heterocycles. The van der Waals surface area contributed by atoms with Crippen LogP contribution in [0.15, 0.2) is 18.2 Å². The fourth-order valence-electron chi connectivity index (χ4n) is 2.18. The van der Waals surface area contributed by atoms with Gasteiger partial charge in [0.05, 0.1) is 5.56 Å². The molecule has 4 heteroatoms. The van der Waals surface area contributed by atoms with Crippen molar-refractivity contribution in [2.24, 2.45) is 5.92 Å². The first kappa shape index (κ1) is 17.8. The van der Waals surface area contributed by atoms with Crippen molar-refractivity contribution in [2.45, 2.75) is 47.1 Å². The molecule has 0 saturated carbocycles. The van der Waals surface area contributed by atoms with Crippen molar-refractivity contribution in [3.63, 3.8) is 0 Å². The van der Waals surface area contributed by atoms with Gasteiger partial charge in [0, 0.05) is 29.8 Å². The predicted molar refractivity (Wildman–Crippen MR) is 91.2 cm³/mol. The van der Waals surface area contributed by atoms with E-state index < -0.39 is 0 Å². The van der Waals surface area contributed by atoms with Crippen LogP contribution in [0.25, 0.3) is 0 Å². The molecule has 0 unspecified atom stereocenters. The number of nitrogens with zero attached hydrogens (tertiary/aromatic N) is 1. The summed E-state index contributed by atoms with van der Waals surface area (Å²) < 4.78 is 0. The van der Waals surface area contributed by atoms with Crippen LogP contribution < -0.4 is 5.32 Å². The first-order valence-electron chi connectivity index (χ1n) is 7.71. The summed E-state index contributed by atoms with van der Waals surface area (Å²) in [5, 5.41) is 3.90. The number of nitrogens with one attached hydrogen (secondary N) is 1. The van der Waals surface area contributed by atoms with Crippen LogP contribution >= 0.6 is 11.6 Å². The van der Waals surface area contributed by atoms with Gasteiger partial charge in [-0.2, -0.15) is 0 Å². The summed E-state index contributed by atoms with van der Waals surface area (Å²) in [6, 6.07) is 5.63. The number of benzene rings is 1. The minimum atomic E-state index is 0.0415. The molecule has 0 atom stereocenters. The smallest absolute Gasteiger partial charge is 0.256 e. The van der Waals surface area contributed by atoms with Crippen LogP contribution in [0.1, 0.15) is 51.4 Å². The highest BCUT2D eigenvalue weighted by atomic mass is 35.5. The van der Waals surface area contributed by atoms with Crippen molar-refractivity contribution < 1.29 is 4.79 Å². The lowest BCUT2D eigenvalue weighted by Crippen LogP contribution is -2.39. The van der Waals surface area contributed by atoms with E-state index in [1.807, 2.05) is 30.9 Å². The van der Waals surface area contributed by atoms with Gasteiger partial charge in [-0.25, -0.2) is 0 Å². The molecular formula is C17H27ClN2O. The molecule has 1 N–H and O–H groups in total. The lowest BCUT2D eigenvalue weighted by Gasteiger charge is -2.29. The number of amides is 1. The molecule has 0 heterocycles. The summed E-state index contributed by atoms with van der Waals surface area (Å²) >= 11 is 6.09. The van der Waals surface area contributed by atoms with Crippen molar-refractivity contribution in [1.29, 1.82) is 0 Å². The first-order chi connectivity index (χ1) is 9.86. The third kappa shape index (κ3) is 5.24. The van der Waals surface area contributed by atoms with Gasteiger partial charge in [0.15, 0.2) is 0 Å². The summed E-state index contributed by atoms with van der Waals surface area (Å²) in [5.41, 5.74) is 1.52. The zero-order chi connectivity index (χ0) is 16.0. The fourth-order valence-corrected chi connectivity index (χ4v) is 2.36. The molecule has 0 aliphatic carbocycles. The van der Waals surface area contributed by atoms with Crippen molar-refractivity contribution in [1.82, 2.24) is 4.90 Å². The lowest BCUT2D eigenvalue weighted by molar-refractivity contribution is 0.0683. The van der Waals surface area contributed by atoms with Crippen LogP contribution in [-0.4, -0.2) is 29.9 Å². The Kier molecular flexibility index (Phi) is 7.03. The van der Waals surface area contributed by atoms with Gasteiger partial charge in [-0.05, 0) is 44.4 Å². The minimum Gasteiger partial charge on any atom is -0.384 e. The Balaban J connectivity index is 3.10. The largest absolute Gasteiger partial charge is 0.384 e. The van der Waals surface area contributed by atoms with Crippen molar-refractivity contribution in [3.8, 4) is 0 Å². The number of hydrogen-bond acceptors (Lipinski definition) is 2. The number of halogens is 1. The molecule has 118 valence electrons. The Morgan fingerprint density at radius 2 is 1.95 bits per heavy atom. The highest BCUT2D eigenvalue weighted by Crippen LogP contribution is 2.23. The SMILES string of the molecule is CCCNc1ccc(Cl)cc1C(=O)N(CC(C)C)C(C)C. The van der Waals surface area contributed by atoms with E-state index >= 15 is 0 Å². The molecule has 1 aromatic rings. The van der Waals surface area contributed by atoms with Crippen LogP contribution in [0.3, 0.4) is 0 Å². The van der Waals surface area contributed by atoms with Gasteiger partial charge in [-0.1, -0.05) is 32.4 Å². The zero-order valence-electron chi connectivity index (χ0n) is 13.7. The van der Waals surface area contributed by atoms with Crippen LogP contribution in [-0.2, 0) is 0 Å². The second-order valence-electron chi connectivity index (χ2n) is 6.06. The normalized spacial score (nSPS) is 11.0. The molecule has 0 aromatic heterocycles. The van der Waals surface area contributed by atoms with Crippen molar-refractivity contribution >= 4 is 23.2 Å². The van der Waals surface area contributed by atoms with Crippen LogP contribution in [0, 0.1) is 5.92 Å². The summed E-state index contributed by atoms with van der Waals surface area (Å²) in [7, 11) is 0. The molecule has 0 aliphatic heterocycles. The Morgan fingerprint density at radius 1 is 1.29 bits per heavy atom. The Labute approximate surface area is 133 Å². The van der Waals surface area contributed by atoms with E-state index in [0.717, 1.165) is 25.2 Å². The van der Waals surface area contributed by atoms with Gasteiger partial charge >= 0.3 is 0 Å². The quantitative estimate of drug-likeness (QED) is 0.794.